The fourth-order valence-electron chi connectivity index (χ4n) is 14.8. The molecule has 138 heavy (non-hydrogen) atoms. The lowest BCUT2D eigenvalue weighted by Crippen LogP contribution is -2.37. The van der Waals surface area contributed by atoms with E-state index in [1.54, 1.807) is 121 Å². The van der Waals surface area contributed by atoms with E-state index >= 15 is 0 Å². The first-order valence-corrected chi connectivity index (χ1v) is 43.1. The van der Waals surface area contributed by atoms with Crippen LogP contribution in [0.3, 0.4) is 0 Å². The minimum atomic E-state index is -3.73. The summed E-state index contributed by atoms with van der Waals surface area (Å²) in [4.78, 5) is 50.9. The van der Waals surface area contributed by atoms with E-state index in [-0.39, 0.29) is 11.2 Å². The summed E-state index contributed by atoms with van der Waals surface area (Å²) in [5.41, 5.74) is 31.4. The Morgan fingerprint density at radius 3 is 1.26 bits per heavy atom. The maximum Gasteiger partial charge on any atom is 0.204 e. The van der Waals surface area contributed by atoms with Crippen LogP contribution < -0.4 is 78.3 Å². The minimum absolute atomic E-state index is 0.150. The molecule has 0 saturated carbocycles. The summed E-state index contributed by atoms with van der Waals surface area (Å²) in [6.45, 7) is 0.412. The van der Waals surface area contributed by atoms with Crippen molar-refractivity contribution in [3.8, 4) is 115 Å². The normalized spacial score (nSPS) is 12.7. The van der Waals surface area contributed by atoms with Crippen molar-refractivity contribution in [2.24, 2.45) is 21.1 Å². The molecule has 700 valence electrons. The quantitative estimate of drug-likeness (QED) is 0.0133. The number of ether oxygens (including phenoxy) is 8. The predicted octanol–water partition coefficient (Wildman–Crippen LogP) is 16.1. The van der Waals surface area contributed by atoms with Crippen molar-refractivity contribution in [1.29, 1.82) is 0 Å². The molecular formula is C105H108N24O9+2. The van der Waals surface area contributed by atoms with Crippen molar-refractivity contribution in [3.63, 3.8) is 0 Å². The van der Waals surface area contributed by atoms with Crippen molar-refractivity contribution in [3.05, 3.63) is 274 Å². The molecule has 0 aliphatic heterocycles. The first-order chi connectivity index (χ1) is 71.6. The lowest BCUT2D eigenvalue weighted by atomic mass is 10.1. The lowest BCUT2D eigenvalue weighted by molar-refractivity contribution is -0.726. The largest absolute Gasteiger partial charge is 0.497 e. The molecule has 33 nitrogen and oxygen atoms in total. The van der Waals surface area contributed by atoms with E-state index in [1.807, 2.05) is 158 Å². The lowest BCUT2D eigenvalue weighted by Gasteiger charge is -2.32. The molecule has 0 amide bonds. The number of H-pyrrole nitrogens is 3. The smallest absolute Gasteiger partial charge is 0.204 e. The Hall–Kier alpha value is -17.4. The number of aryl methyl sites for hydroxylation is 3. The van der Waals surface area contributed by atoms with Gasteiger partial charge in [-0.25, -0.2) is 24.9 Å². The third-order valence-corrected chi connectivity index (χ3v) is 21.9. The van der Waals surface area contributed by atoms with Gasteiger partial charge in [-0.05, 0) is 129 Å². The Morgan fingerprint density at radius 1 is 0.449 bits per heavy atom. The van der Waals surface area contributed by atoms with E-state index in [9.17, 15) is 5.11 Å². The topological polar surface area (TPSA) is 364 Å². The third kappa shape index (κ3) is 23.8. The van der Waals surface area contributed by atoms with Crippen LogP contribution in [0.1, 0.15) is 47.9 Å². The molecule has 0 atom stereocenters. The van der Waals surface area contributed by atoms with E-state index in [1.165, 1.54) is 30.0 Å². The standard InChI is InChI=1S/C32H37N7O2.C28H25N7O2.C23H25N5O3.C22H19N5O2/c1-22(2)38(20-23-6-8-25(33)9-7-23)12-13-39(27-14-28(40-4)17-29(15-27)41-5)26-10-11-30-31(16-26)36-32(19-34-30)24-18-35-37(3)21-24;1-34-18-19(16-32-34)28-17-31-26-7-6-22(14-27(26)33-28)35(10-4-5-21-11-20(29)8-9-30-21)23-12-24(36-2)15-25(13-23)37-3;1-27-15-16(13-25-27)23-14-24-21-6-5-17(11-22(21)26-23)28(7-4-8-29)18-9-19(30-2)12-20(10-18)31-3;1-4-7-27(17-8-18(28-2)11-19(9-17)29-3)16-5-6-20-21(10-16)26-22(14-23-20)15-12-24-25-13-15/h6-11,14-19,21-22H,12-13,20,33H2,1-5H3;6-9,11-18H,10H2,1-3H3,(H2,29,30);5-6,9-15,29H,4,7-8H2,1-3H3;1,5-6,8-14H,7H2,2-3H3,(H,24,25)/p+2/i;;2D3,3D3,4D2,7D2,8D2;. The molecule has 0 saturated heterocycles. The highest BCUT2D eigenvalue weighted by Crippen LogP contribution is 2.40. The maximum absolute atomic E-state index is 10.0. The molecular weight excluding hydrogens is 1740 g/mol. The Bertz CT molecular complexity index is 7810. The predicted molar refractivity (Wildman–Crippen MR) is 539 cm³/mol. The van der Waals surface area contributed by atoms with Crippen LogP contribution in [0.15, 0.2) is 263 Å². The number of rotatable bonds is 31. The van der Waals surface area contributed by atoms with Crippen LogP contribution in [0, 0.1) is 24.2 Å². The number of nitrogens with zero attached hydrogens (tertiary/aromatic N) is 19. The summed E-state index contributed by atoms with van der Waals surface area (Å²) in [5, 5.41) is 27.1. The Labute approximate surface area is 816 Å². The van der Waals surface area contributed by atoms with Gasteiger partial charge in [0.2, 0.25) is 12.4 Å². The number of nitrogens with one attached hydrogen (secondary N) is 3. The van der Waals surface area contributed by atoms with Crippen LogP contribution in [0.2, 0.25) is 0 Å². The van der Waals surface area contributed by atoms with E-state index in [0.717, 1.165) is 156 Å². The van der Waals surface area contributed by atoms with Gasteiger partial charge in [0.1, 0.15) is 51.7 Å². The van der Waals surface area contributed by atoms with E-state index in [4.69, 9.17) is 87.2 Å². The Kier molecular flexibility index (Phi) is 26.1. The highest BCUT2D eigenvalue weighted by Gasteiger charge is 2.23. The first kappa shape index (κ1) is 80.2. The van der Waals surface area contributed by atoms with Crippen molar-refractivity contribution >= 4 is 101 Å². The zero-order valence-corrected chi connectivity index (χ0v) is 77.4. The number of aromatic nitrogens is 17. The first-order valence-electron chi connectivity index (χ1n) is 49.1. The number of terminal acetylenes is 1. The number of methoxy groups -OCH3 is 8. The van der Waals surface area contributed by atoms with Crippen LogP contribution in [-0.4, -0.2) is 187 Å². The highest BCUT2D eigenvalue weighted by atomic mass is 16.5. The van der Waals surface area contributed by atoms with Gasteiger partial charge in [0.05, 0.1) is 208 Å². The number of hydrogen-bond donors (Lipinski definition) is 6. The summed E-state index contributed by atoms with van der Waals surface area (Å²) < 4.78 is 142. The second kappa shape index (κ2) is 44.9. The number of benzene rings is 9. The number of pyridine rings is 1. The van der Waals surface area contributed by atoms with Gasteiger partial charge in [0.15, 0.2) is 14.1 Å². The van der Waals surface area contributed by atoms with Gasteiger partial charge in [-0.15, -0.1) is 15.8 Å². The van der Waals surface area contributed by atoms with E-state index in [2.05, 4.69) is 126 Å². The monoisotopic (exact) mass is 1860 g/mol. The second-order valence-electron chi connectivity index (χ2n) is 31.4. The van der Waals surface area contributed by atoms with Gasteiger partial charge >= 0.3 is 0 Å². The second-order valence-corrected chi connectivity index (χ2v) is 31.4. The number of hydrogen-bond acceptors (Lipinski definition) is 27. The minimum Gasteiger partial charge on any atom is -0.497 e. The molecule has 0 fully saturated rings. The fraction of sp³-hybridized carbons (Fsp3) is 0.210. The number of fused-ring (bicyclic) bond motifs is 4. The van der Waals surface area contributed by atoms with Gasteiger partial charge < -0.3 is 74.1 Å². The molecule has 9 aromatic carbocycles. The molecule has 0 bridgehead atoms. The zero-order chi connectivity index (χ0) is 107. The number of anilines is 10. The van der Waals surface area contributed by atoms with Crippen LogP contribution in [0.4, 0.5) is 56.9 Å². The van der Waals surface area contributed by atoms with Crippen LogP contribution in [0.5, 0.6) is 46.0 Å². The average molecular weight is 1860 g/mol. The van der Waals surface area contributed by atoms with Crippen molar-refractivity contribution in [1.82, 2.24) is 79.9 Å². The Morgan fingerprint density at radius 2 is 0.870 bits per heavy atom. The summed E-state index contributed by atoms with van der Waals surface area (Å²) in [6.07, 6.45) is 25.0. The molecule has 18 aromatic rings. The zero-order valence-electron chi connectivity index (χ0n) is 89.4. The van der Waals surface area contributed by atoms with Gasteiger partial charge in [-0.2, -0.15) is 20.4 Å². The summed E-state index contributed by atoms with van der Waals surface area (Å²) in [7, 11) is 9.36. The molecule has 9 heterocycles. The van der Waals surface area contributed by atoms with E-state index in [0.29, 0.717) is 75.2 Å². The van der Waals surface area contributed by atoms with Gasteiger partial charge in [-0.1, -0.05) is 24.0 Å². The van der Waals surface area contributed by atoms with Gasteiger partial charge in [0.25, 0.3) is 0 Å². The fourth-order valence-corrected chi connectivity index (χ4v) is 14.8. The number of aromatic amines is 3. The van der Waals surface area contributed by atoms with Crippen molar-refractivity contribution in [2.45, 2.75) is 32.8 Å². The molecule has 33 heteroatoms. The summed E-state index contributed by atoms with van der Waals surface area (Å²) in [5.74, 6) is 12.2. The summed E-state index contributed by atoms with van der Waals surface area (Å²) >= 11 is 0. The SMILES string of the molecule is C#CCN(c1cc(OC)cc(OC)c1)c1ccc2ncc(-c3cn[nH]c3)nc2c1.COc1cc(OC)cc(N(CC#Cc2cc(N)ccn2)c2ccc3ncc(-c4cnn(C)c4)nc3c2)c1.COc1cc(OC)cc(N(CCN(Cc2ccc(N)cc2)C(C)C)c2ccc3ncc(-c4c[nH][n+](C)c4)nc3c2)c1.[2H]C([2H])([2H])Oc1cc(OC([2H])([2H])[2H])cc(N(c2ccc3ncc(-c4c[nH][n+](C)c4)nc3c2)C([2H])([2H])C([2H])([2H])C([2H])([2H])O)c1. The molecule has 0 unspecified atom stereocenters. The van der Waals surface area contributed by atoms with Crippen LogP contribution in [-0.2, 0) is 27.7 Å². The molecule has 0 spiro atoms. The number of nitrogen functional groups attached to an aromatic ring is 2. The number of nitrogens with two attached hydrogens (primary N) is 2. The number of aliphatic hydroxyl groups is 1. The highest BCUT2D eigenvalue weighted by molar-refractivity contribution is 5.87. The van der Waals surface area contributed by atoms with Crippen LogP contribution in [0.25, 0.3) is 89.2 Å². The molecule has 0 aliphatic rings. The molecule has 9 aromatic heterocycles. The summed E-state index contributed by atoms with van der Waals surface area (Å²) in [6, 6.07) is 54.2. The van der Waals surface area contributed by atoms with Crippen LogP contribution >= 0.6 is 0 Å². The molecule has 0 aliphatic carbocycles. The molecule has 0 radical (unpaired) electrons. The Balaban J connectivity index is 0.000000151. The molecule has 18 rings (SSSR count). The van der Waals surface area contributed by atoms with Gasteiger partial charge in [-0.3, -0.25) is 34.6 Å². The van der Waals surface area contributed by atoms with Crippen molar-refractivity contribution in [2.75, 3.05) is 127 Å². The average Bonchev–Trinajstić information content (AvgIpc) is 0.868. The van der Waals surface area contributed by atoms with Gasteiger partial charge in [0, 0.05) is 211 Å². The third-order valence-electron chi connectivity index (χ3n) is 21.9. The van der Waals surface area contributed by atoms with E-state index < -0.39 is 50.7 Å². The molecule has 8 N–H and O–H groups in total. The maximum atomic E-state index is 10.0. The van der Waals surface area contributed by atoms with Crippen molar-refractivity contribution < 1.29 is 68.8 Å².